The van der Waals surface area contributed by atoms with E-state index in [4.69, 9.17) is 9.47 Å². The zero-order valence-electron chi connectivity index (χ0n) is 21.3. The molecule has 2 atom stereocenters. The SMILES string of the molecule is CCC[C@H](C(=O)O)[C@H](Cc1cnc(OC2CCNCC2)nc1)c1nnnn1COCC[Si](C)(C)C. The lowest BCUT2D eigenvalue weighted by Crippen LogP contribution is -2.34. The van der Waals surface area contributed by atoms with E-state index in [9.17, 15) is 9.90 Å². The summed E-state index contributed by atoms with van der Waals surface area (Å²) < 4.78 is 13.3. The van der Waals surface area contributed by atoms with Crippen LogP contribution in [0.25, 0.3) is 0 Å². The molecule has 0 amide bonds. The van der Waals surface area contributed by atoms with Gasteiger partial charge in [-0.05, 0) is 60.8 Å². The summed E-state index contributed by atoms with van der Waals surface area (Å²) in [7, 11) is -1.22. The summed E-state index contributed by atoms with van der Waals surface area (Å²) in [6, 6.07) is 1.38. The number of hydrogen-bond donors (Lipinski definition) is 2. The first-order valence-electron chi connectivity index (χ1n) is 12.5. The van der Waals surface area contributed by atoms with Crippen LogP contribution in [0.5, 0.6) is 6.01 Å². The second-order valence-electron chi connectivity index (χ2n) is 10.4. The van der Waals surface area contributed by atoms with Crippen molar-refractivity contribution in [3.63, 3.8) is 0 Å². The van der Waals surface area contributed by atoms with Crippen LogP contribution >= 0.6 is 0 Å². The Morgan fingerprint density at radius 2 is 1.97 bits per heavy atom. The number of nitrogens with zero attached hydrogens (tertiary/aromatic N) is 6. The largest absolute Gasteiger partial charge is 0.481 e. The molecule has 0 aromatic carbocycles. The highest BCUT2D eigenvalue weighted by Gasteiger charge is 2.33. The average molecular weight is 506 g/mol. The molecule has 2 aromatic heterocycles. The van der Waals surface area contributed by atoms with Gasteiger partial charge in [0.25, 0.3) is 0 Å². The lowest BCUT2D eigenvalue weighted by molar-refractivity contribution is -0.143. The van der Waals surface area contributed by atoms with Gasteiger partial charge in [-0.2, -0.15) is 0 Å². The number of carboxylic acids is 1. The van der Waals surface area contributed by atoms with Gasteiger partial charge in [0.15, 0.2) is 5.82 Å². The minimum atomic E-state index is -1.22. The number of piperidine rings is 1. The van der Waals surface area contributed by atoms with Crippen LogP contribution in [0.2, 0.25) is 25.7 Å². The van der Waals surface area contributed by atoms with Gasteiger partial charge >= 0.3 is 12.0 Å². The number of aromatic nitrogens is 6. The molecule has 0 saturated carbocycles. The number of rotatable bonds is 14. The van der Waals surface area contributed by atoms with Crippen molar-refractivity contribution in [3.05, 3.63) is 23.8 Å². The van der Waals surface area contributed by atoms with Crippen molar-refractivity contribution in [3.8, 4) is 6.01 Å². The summed E-state index contributed by atoms with van der Waals surface area (Å²) in [5, 5.41) is 25.5. The normalized spacial score (nSPS) is 16.7. The molecule has 3 rings (SSSR count). The second-order valence-corrected chi connectivity index (χ2v) is 16.0. The highest BCUT2D eigenvalue weighted by atomic mass is 28.3. The van der Waals surface area contributed by atoms with Crippen LogP contribution in [0.1, 0.15) is 49.9 Å². The van der Waals surface area contributed by atoms with E-state index in [2.05, 4.69) is 50.5 Å². The van der Waals surface area contributed by atoms with Gasteiger partial charge in [0.2, 0.25) is 0 Å². The molecular weight excluding hydrogens is 466 g/mol. The van der Waals surface area contributed by atoms with Crippen LogP contribution in [0, 0.1) is 5.92 Å². The van der Waals surface area contributed by atoms with Gasteiger partial charge in [-0.1, -0.05) is 33.0 Å². The summed E-state index contributed by atoms with van der Waals surface area (Å²) in [6.07, 6.45) is 7.03. The van der Waals surface area contributed by atoms with Crippen molar-refractivity contribution >= 4 is 14.0 Å². The van der Waals surface area contributed by atoms with Gasteiger partial charge in [-0.3, -0.25) is 4.79 Å². The molecule has 35 heavy (non-hydrogen) atoms. The van der Waals surface area contributed by atoms with Gasteiger partial charge in [0, 0.05) is 33.0 Å². The molecule has 1 aliphatic rings. The second kappa shape index (κ2) is 13.0. The van der Waals surface area contributed by atoms with E-state index in [1.165, 1.54) is 0 Å². The van der Waals surface area contributed by atoms with Crippen molar-refractivity contribution in [1.82, 2.24) is 35.5 Å². The van der Waals surface area contributed by atoms with Crippen LogP contribution in [-0.2, 0) is 22.7 Å². The Labute approximate surface area is 208 Å². The van der Waals surface area contributed by atoms with Crippen molar-refractivity contribution in [1.29, 1.82) is 0 Å². The standard InChI is InChI=1S/C23H39N7O4Si/c1-5-6-19(22(31)32)20(21-27-28-29-30(21)16-33-11-12-35(2,3)4)13-17-14-25-23(26-15-17)34-18-7-9-24-10-8-18/h14-15,18-20,24H,5-13,16H2,1-4H3,(H,31,32)/t19-,20-/m0/s1. The number of nitrogens with one attached hydrogen (secondary N) is 1. The molecule has 0 aliphatic carbocycles. The Balaban J connectivity index is 1.73. The average Bonchev–Trinajstić information content (AvgIpc) is 3.28. The van der Waals surface area contributed by atoms with E-state index < -0.39 is 25.9 Å². The molecule has 11 nitrogen and oxygen atoms in total. The van der Waals surface area contributed by atoms with E-state index in [1.807, 2.05) is 6.92 Å². The summed E-state index contributed by atoms with van der Waals surface area (Å²) >= 11 is 0. The van der Waals surface area contributed by atoms with Crippen molar-refractivity contribution in [2.75, 3.05) is 19.7 Å². The molecule has 1 fully saturated rings. The highest BCUT2D eigenvalue weighted by molar-refractivity contribution is 6.76. The summed E-state index contributed by atoms with van der Waals surface area (Å²) in [5.74, 6) is -1.44. The number of tetrazole rings is 1. The molecule has 2 N–H and O–H groups in total. The molecule has 2 aromatic rings. The minimum Gasteiger partial charge on any atom is -0.481 e. The van der Waals surface area contributed by atoms with Crippen LogP contribution < -0.4 is 10.1 Å². The lowest BCUT2D eigenvalue weighted by Gasteiger charge is -2.24. The summed E-state index contributed by atoms with van der Waals surface area (Å²) in [5.41, 5.74) is 0.809. The van der Waals surface area contributed by atoms with E-state index >= 15 is 0 Å². The molecule has 194 valence electrons. The molecule has 0 radical (unpaired) electrons. The van der Waals surface area contributed by atoms with Gasteiger partial charge in [-0.15, -0.1) is 5.10 Å². The monoisotopic (exact) mass is 505 g/mol. The van der Waals surface area contributed by atoms with E-state index in [0.717, 1.165) is 44.0 Å². The lowest BCUT2D eigenvalue weighted by atomic mass is 9.84. The van der Waals surface area contributed by atoms with Crippen molar-refractivity contribution in [2.45, 2.75) is 83.5 Å². The van der Waals surface area contributed by atoms with Crippen molar-refractivity contribution in [2.24, 2.45) is 5.92 Å². The maximum Gasteiger partial charge on any atom is 0.316 e. The smallest absolute Gasteiger partial charge is 0.316 e. The Morgan fingerprint density at radius 1 is 1.26 bits per heavy atom. The Bertz CT molecular complexity index is 913. The Hall–Kier alpha value is -2.44. The predicted molar refractivity (Wildman–Crippen MR) is 133 cm³/mol. The topological polar surface area (TPSA) is 137 Å². The molecule has 12 heteroatoms. The quantitative estimate of drug-likeness (QED) is 0.291. The predicted octanol–water partition coefficient (Wildman–Crippen LogP) is 2.73. The third kappa shape index (κ3) is 8.62. The summed E-state index contributed by atoms with van der Waals surface area (Å²) in [4.78, 5) is 21.0. The third-order valence-electron chi connectivity index (χ3n) is 6.20. The molecule has 0 unspecified atom stereocenters. The van der Waals surface area contributed by atoms with Crippen LogP contribution in [0.3, 0.4) is 0 Å². The molecule has 1 saturated heterocycles. The molecule has 3 heterocycles. The van der Waals surface area contributed by atoms with Gasteiger partial charge in [0.1, 0.15) is 12.8 Å². The van der Waals surface area contributed by atoms with Crippen LogP contribution in [0.15, 0.2) is 12.4 Å². The minimum absolute atomic E-state index is 0.112. The fourth-order valence-corrected chi connectivity index (χ4v) is 4.90. The first-order chi connectivity index (χ1) is 16.8. The number of hydrogen-bond acceptors (Lipinski definition) is 9. The zero-order valence-corrected chi connectivity index (χ0v) is 22.3. The first kappa shape index (κ1) is 27.1. The van der Waals surface area contributed by atoms with E-state index in [-0.39, 0.29) is 12.8 Å². The number of carboxylic acid groups (broad SMARTS) is 1. The maximum atomic E-state index is 12.2. The molecule has 0 bridgehead atoms. The van der Waals surface area contributed by atoms with Gasteiger partial charge < -0.3 is 19.9 Å². The zero-order chi connectivity index (χ0) is 25.3. The molecular formula is C23H39N7O4Si. The molecule has 0 spiro atoms. The highest BCUT2D eigenvalue weighted by Crippen LogP contribution is 2.31. The van der Waals surface area contributed by atoms with Crippen molar-refractivity contribution < 1.29 is 19.4 Å². The van der Waals surface area contributed by atoms with Crippen LogP contribution in [-0.4, -0.2) is 75.1 Å². The number of carbonyl (C=O) groups is 1. The summed E-state index contributed by atoms with van der Waals surface area (Å²) in [6.45, 7) is 11.5. The number of aliphatic carboxylic acids is 1. The Kier molecular flexibility index (Phi) is 10.1. The van der Waals surface area contributed by atoms with Gasteiger partial charge in [0.05, 0.1) is 5.92 Å². The Morgan fingerprint density at radius 3 is 2.60 bits per heavy atom. The van der Waals surface area contributed by atoms with E-state index in [0.29, 0.717) is 31.3 Å². The first-order valence-corrected chi connectivity index (χ1v) is 16.2. The van der Waals surface area contributed by atoms with E-state index in [1.54, 1.807) is 17.1 Å². The van der Waals surface area contributed by atoms with Gasteiger partial charge in [-0.25, -0.2) is 14.6 Å². The fourth-order valence-electron chi connectivity index (χ4n) is 4.15. The number of ether oxygens (including phenoxy) is 2. The fraction of sp³-hybridized carbons (Fsp3) is 0.739. The third-order valence-corrected chi connectivity index (χ3v) is 7.90. The maximum absolute atomic E-state index is 12.2. The van der Waals surface area contributed by atoms with Crippen LogP contribution in [0.4, 0.5) is 0 Å². The molecule has 1 aliphatic heterocycles.